The molecule has 0 atom stereocenters. The zero-order chi connectivity index (χ0) is 17.4. The smallest absolute Gasteiger partial charge is 0.330 e. The molecular formula is C13H20N4O5S. The van der Waals surface area contributed by atoms with Gasteiger partial charge in [-0.15, -0.1) is 0 Å². The Morgan fingerprint density at radius 2 is 1.74 bits per heavy atom. The molecule has 1 aromatic rings. The number of carbonyl (C=O) groups is 1. The van der Waals surface area contributed by atoms with Gasteiger partial charge in [0.1, 0.15) is 0 Å². The average molecular weight is 344 g/mol. The number of aryl methyl sites for hydroxylation is 1. The molecule has 9 nitrogen and oxygen atoms in total. The SMILES string of the molecule is CC(=O)N1CCCN(S(=O)(=O)c2cn(C)c(=O)n(C)c2=O)CC1. The molecule has 0 aromatic carbocycles. The van der Waals surface area contributed by atoms with Crippen LogP contribution in [0.25, 0.3) is 0 Å². The molecule has 2 heterocycles. The third-order valence-corrected chi connectivity index (χ3v) is 5.81. The average Bonchev–Trinajstić information content (AvgIpc) is 2.75. The lowest BCUT2D eigenvalue weighted by Gasteiger charge is -2.21. The van der Waals surface area contributed by atoms with Crippen molar-refractivity contribution in [3.63, 3.8) is 0 Å². The van der Waals surface area contributed by atoms with Crippen LogP contribution < -0.4 is 11.2 Å². The quantitative estimate of drug-likeness (QED) is 0.638. The maximum absolute atomic E-state index is 12.7. The van der Waals surface area contributed by atoms with Gasteiger partial charge in [0.25, 0.3) is 5.56 Å². The maximum atomic E-state index is 12.7. The Labute approximate surface area is 133 Å². The van der Waals surface area contributed by atoms with E-state index >= 15 is 0 Å². The number of nitrogens with zero attached hydrogens (tertiary/aromatic N) is 4. The van der Waals surface area contributed by atoms with Crippen LogP contribution in [0.1, 0.15) is 13.3 Å². The molecule has 1 aliphatic rings. The van der Waals surface area contributed by atoms with Crippen molar-refractivity contribution in [2.75, 3.05) is 26.2 Å². The normalized spacial score (nSPS) is 17.1. The van der Waals surface area contributed by atoms with Crippen molar-refractivity contribution < 1.29 is 13.2 Å². The van der Waals surface area contributed by atoms with Crippen LogP contribution in [-0.4, -0.2) is 58.8 Å². The van der Waals surface area contributed by atoms with Crippen LogP contribution in [0.15, 0.2) is 20.7 Å². The zero-order valence-corrected chi connectivity index (χ0v) is 14.2. The van der Waals surface area contributed by atoms with Crippen LogP contribution in [0, 0.1) is 0 Å². The number of rotatable bonds is 2. The zero-order valence-electron chi connectivity index (χ0n) is 13.4. The van der Waals surface area contributed by atoms with Gasteiger partial charge in [-0.25, -0.2) is 13.2 Å². The first-order valence-electron chi connectivity index (χ1n) is 7.18. The fourth-order valence-electron chi connectivity index (χ4n) is 2.54. The molecule has 0 aliphatic carbocycles. The molecule has 128 valence electrons. The monoisotopic (exact) mass is 344 g/mol. The van der Waals surface area contributed by atoms with Crippen LogP contribution in [-0.2, 0) is 28.9 Å². The van der Waals surface area contributed by atoms with Crippen molar-refractivity contribution in [3.05, 3.63) is 27.0 Å². The lowest BCUT2D eigenvalue weighted by molar-refractivity contribution is -0.128. The van der Waals surface area contributed by atoms with Gasteiger partial charge in [0, 0.05) is 53.4 Å². The van der Waals surface area contributed by atoms with E-state index in [4.69, 9.17) is 0 Å². The molecule has 1 aliphatic heterocycles. The second-order valence-corrected chi connectivity index (χ2v) is 7.42. The molecule has 1 amide bonds. The molecule has 0 unspecified atom stereocenters. The van der Waals surface area contributed by atoms with Crippen molar-refractivity contribution in [2.24, 2.45) is 14.1 Å². The van der Waals surface area contributed by atoms with Crippen molar-refractivity contribution in [2.45, 2.75) is 18.2 Å². The minimum atomic E-state index is -4.02. The van der Waals surface area contributed by atoms with E-state index in [0.717, 1.165) is 15.3 Å². The van der Waals surface area contributed by atoms with Gasteiger partial charge >= 0.3 is 5.69 Å². The number of hydrogen-bond acceptors (Lipinski definition) is 5. The van der Waals surface area contributed by atoms with E-state index in [0.29, 0.717) is 13.0 Å². The first-order chi connectivity index (χ1) is 10.7. The summed E-state index contributed by atoms with van der Waals surface area (Å²) in [6.07, 6.45) is 1.54. The second-order valence-electron chi connectivity index (χ2n) is 5.51. The highest BCUT2D eigenvalue weighted by Crippen LogP contribution is 2.14. The van der Waals surface area contributed by atoms with Gasteiger partial charge in [-0.3, -0.25) is 14.2 Å². The standard InChI is InChI=1S/C13H20N4O5S/c1-10(18)16-5-4-6-17(8-7-16)23(21,22)11-9-14(2)13(20)15(3)12(11)19/h9H,4-8H2,1-3H3. The topological polar surface area (TPSA) is 102 Å². The van der Waals surface area contributed by atoms with Crippen LogP contribution >= 0.6 is 0 Å². The third kappa shape index (κ3) is 3.22. The summed E-state index contributed by atoms with van der Waals surface area (Å²) in [6.45, 7) is 2.53. The van der Waals surface area contributed by atoms with Crippen molar-refractivity contribution in [1.82, 2.24) is 18.3 Å². The minimum Gasteiger partial charge on any atom is -0.342 e. The molecule has 0 N–H and O–H groups in total. The van der Waals surface area contributed by atoms with E-state index in [9.17, 15) is 22.8 Å². The maximum Gasteiger partial charge on any atom is 0.330 e. The summed E-state index contributed by atoms with van der Waals surface area (Å²) in [5, 5.41) is 0. The van der Waals surface area contributed by atoms with Crippen molar-refractivity contribution >= 4 is 15.9 Å². The first kappa shape index (κ1) is 17.4. The highest BCUT2D eigenvalue weighted by Gasteiger charge is 2.30. The van der Waals surface area contributed by atoms with E-state index in [1.807, 2.05) is 0 Å². The summed E-state index contributed by atoms with van der Waals surface area (Å²) in [7, 11) is -1.40. The lowest BCUT2D eigenvalue weighted by Crippen LogP contribution is -2.43. The molecule has 1 fully saturated rings. The van der Waals surface area contributed by atoms with Crippen LogP contribution in [0.5, 0.6) is 0 Å². The van der Waals surface area contributed by atoms with Gasteiger partial charge in [-0.05, 0) is 6.42 Å². The number of amides is 1. The largest absolute Gasteiger partial charge is 0.342 e. The second kappa shape index (κ2) is 6.28. The van der Waals surface area contributed by atoms with Crippen LogP contribution in [0.4, 0.5) is 0 Å². The van der Waals surface area contributed by atoms with Gasteiger partial charge in [-0.2, -0.15) is 4.31 Å². The fraction of sp³-hybridized carbons (Fsp3) is 0.615. The molecule has 1 saturated heterocycles. The van der Waals surface area contributed by atoms with E-state index in [1.54, 1.807) is 4.90 Å². The summed E-state index contributed by atoms with van der Waals surface area (Å²) in [5.74, 6) is -0.109. The van der Waals surface area contributed by atoms with Gasteiger partial charge in [0.15, 0.2) is 4.90 Å². The fourth-order valence-corrected chi connectivity index (χ4v) is 4.16. The predicted molar refractivity (Wildman–Crippen MR) is 82.6 cm³/mol. The highest BCUT2D eigenvalue weighted by atomic mass is 32.2. The Bertz CT molecular complexity index is 839. The van der Waals surface area contributed by atoms with Gasteiger partial charge < -0.3 is 9.47 Å². The number of sulfonamides is 1. The molecule has 23 heavy (non-hydrogen) atoms. The molecule has 1 aromatic heterocycles. The van der Waals surface area contributed by atoms with Gasteiger partial charge in [0.05, 0.1) is 0 Å². The molecule has 0 radical (unpaired) electrons. The Morgan fingerprint density at radius 3 is 2.35 bits per heavy atom. The van der Waals surface area contributed by atoms with Crippen LogP contribution in [0.2, 0.25) is 0 Å². The highest BCUT2D eigenvalue weighted by molar-refractivity contribution is 7.89. The molecule has 10 heteroatoms. The number of hydrogen-bond donors (Lipinski definition) is 0. The Hall–Kier alpha value is -1.94. The van der Waals surface area contributed by atoms with E-state index in [-0.39, 0.29) is 25.5 Å². The minimum absolute atomic E-state index is 0.109. The van der Waals surface area contributed by atoms with E-state index < -0.39 is 26.2 Å². The molecule has 0 spiro atoms. The van der Waals surface area contributed by atoms with Crippen molar-refractivity contribution in [1.29, 1.82) is 0 Å². The predicted octanol–water partition coefficient (Wildman–Crippen LogP) is -1.67. The molecular weight excluding hydrogens is 324 g/mol. The number of carbonyl (C=O) groups excluding carboxylic acids is 1. The molecule has 0 bridgehead atoms. The lowest BCUT2D eigenvalue weighted by atomic mass is 10.4. The Morgan fingerprint density at radius 1 is 1.09 bits per heavy atom. The van der Waals surface area contributed by atoms with Gasteiger partial charge in [0.2, 0.25) is 15.9 Å². The summed E-state index contributed by atoms with van der Waals surface area (Å²) >= 11 is 0. The summed E-state index contributed by atoms with van der Waals surface area (Å²) in [6, 6.07) is 0. The summed E-state index contributed by atoms with van der Waals surface area (Å²) in [4.78, 5) is 36.4. The molecule has 2 rings (SSSR count). The van der Waals surface area contributed by atoms with Crippen LogP contribution in [0.3, 0.4) is 0 Å². The van der Waals surface area contributed by atoms with Crippen molar-refractivity contribution in [3.8, 4) is 0 Å². The first-order valence-corrected chi connectivity index (χ1v) is 8.62. The third-order valence-electron chi connectivity index (χ3n) is 3.93. The van der Waals surface area contributed by atoms with E-state index in [2.05, 4.69) is 0 Å². The summed E-state index contributed by atoms with van der Waals surface area (Å²) < 4.78 is 28.5. The summed E-state index contributed by atoms with van der Waals surface area (Å²) in [5.41, 5.74) is -1.44. The Kier molecular flexibility index (Phi) is 4.76. The Balaban J connectivity index is 2.42. The molecule has 0 saturated carbocycles. The van der Waals surface area contributed by atoms with Gasteiger partial charge in [-0.1, -0.05) is 0 Å². The van der Waals surface area contributed by atoms with E-state index in [1.165, 1.54) is 25.3 Å². The number of aromatic nitrogens is 2.